The molecule has 22 heavy (non-hydrogen) atoms. The number of nitrogens with one attached hydrogen (secondary N) is 1. The molecule has 0 bridgehead atoms. The van der Waals surface area contributed by atoms with Crippen molar-refractivity contribution in [2.75, 3.05) is 11.9 Å². The molecule has 2 aromatic heterocycles. The number of rotatable bonds is 6. The Bertz CT molecular complexity index is 746. The minimum Gasteiger partial charge on any atom is -0.408 e. The minimum absolute atomic E-state index is 0.480. The summed E-state index contributed by atoms with van der Waals surface area (Å²) in [7, 11) is 0. The second kappa shape index (κ2) is 5.59. The Labute approximate surface area is 127 Å². The molecule has 0 radical (unpaired) electrons. The fourth-order valence-electron chi connectivity index (χ4n) is 2.22. The molecule has 0 atom stereocenters. The molecule has 1 saturated carbocycles. The van der Waals surface area contributed by atoms with E-state index in [4.69, 9.17) is 4.42 Å². The fraction of sp³-hybridized carbons (Fsp3) is 0.333. The van der Waals surface area contributed by atoms with Gasteiger partial charge in [0.05, 0.1) is 17.6 Å². The summed E-state index contributed by atoms with van der Waals surface area (Å²) < 4.78 is 7.32. The third-order valence-electron chi connectivity index (χ3n) is 3.59. The number of hydrogen-bond acceptors (Lipinski definition) is 6. The molecule has 7 nitrogen and oxygen atoms in total. The maximum Gasteiger partial charge on any atom is 0.315 e. The van der Waals surface area contributed by atoms with Gasteiger partial charge in [0.2, 0.25) is 5.89 Å². The first-order valence-corrected chi connectivity index (χ1v) is 7.42. The molecule has 112 valence electrons. The van der Waals surface area contributed by atoms with Crippen LogP contribution in [0.25, 0.3) is 5.69 Å². The van der Waals surface area contributed by atoms with E-state index in [-0.39, 0.29) is 0 Å². The summed E-state index contributed by atoms with van der Waals surface area (Å²) in [4.78, 5) is 0. The number of anilines is 1. The SMILES string of the molecule is c1ccc(-n2cc(CCNc3nnc(C4CC4)o3)nn2)cc1. The van der Waals surface area contributed by atoms with Gasteiger partial charge in [-0.25, -0.2) is 4.68 Å². The molecule has 3 aromatic rings. The Morgan fingerprint density at radius 3 is 2.82 bits per heavy atom. The highest BCUT2D eigenvalue weighted by atomic mass is 16.4. The first-order chi connectivity index (χ1) is 10.9. The topological polar surface area (TPSA) is 81.7 Å². The largest absolute Gasteiger partial charge is 0.408 e. The predicted octanol–water partition coefficient (Wildman–Crippen LogP) is 2.18. The third-order valence-corrected chi connectivity index (χ3v) is 3.59. The predicted molar refractivity (Wildman–Crippen MR) is 79.8 cm³/mol. The Morgan fingerprint density at radius 1 is 1.14 bits per heavy atom. The monoisotopic (exact) mass is 296 g/mol. The van der Waals surface area contributed by atoms with Crippen LogP contribution in [0.15, 0.2) is 40.9 Å². The zero-order chi connectivity index (χ0) is 14.8. The molecule has 1 aliphatic carbocycles. The van der Waals surface area contributed by atoms with E-state index >= 15 is 0 Å². The lowest BCUT2D eigenvalue weighted by Crippen LogP contribution is -2.05. The zero-order valence-corrected chi connectivity index (χ0v) is 12.0. The summed E-state index contributed by atoms with van der Waals surface area (Å²) in [6.07, 6.45) is 4.99. The second-order valence-corrected chi connectivity index (χ2v) is 5.39. The van der Waals surface area contributed by atoms with Crippen LogP contribution < -0.4 is 5.32 Å². The van der Waals surface area contributed by atoms with E-state index in [9.17, 15) is 0 Å². The van der Waals surface area contributed by atoms with Crippen LogP contribution in [0.1, 0.15) is 30.3 Å². The van der Waals surface area contributed by atoms with Crippen molar-refractivity contribution in [1.29, 1.82) is 0 Å². The van der Waals surface area contributed by atoms with Gasteiger partial charge in [-0.2, -0.15) is 0 Å². The van der Waals surface area contributed by atoms with E-state index in [2.05, 4.69) is 25.8 Å². The van der Waals surface area contributed by atoms with Gasteiger partial charge in [-0.05, 0) is 25.0 Å². The van der Waals surface area contributed by atoms with E-state index in [1.54, 1.807) is 4.68 Å². The van der Waals surface area contributed by atoms with Crippen LogP contribution in [-0.4, -0.2) is 31.7 Å². The molecule has 2 heterocycles. The summed E-state index contributed by atoms with van der Waals surface area (Å²) in [6.45, 7) is 0.680. The van der Waals surface area contributed by atoms with Crippen molar-refractivity contribution in [2.45, 2.75) is 25.2 Å². The van der Waals surface area contributed by atoms with Crippen molar-refractivity contribution in [3.8, 4) is 5.69 Å². The van der Waals surface area contributed by atoms with Gasteiger partial charge in [0, 0.05) is 18.9 Å². The van der Waals surface area contributed by atoms with Crippen molar-refractivity contribution in [2.24, 2.45) is 0 Å². The van der Waals surface area contributed by atoms with Gasteiger partial charge in [-0.3, -0.25) is 0 Å². The van der Waals surface area contributed by atoms with E-state index in [0.717, 1.165) is 36.5 Å². The van der Waals surface area contributed by atoms with Gasteiger partial charge >= 0.3 is 6.01 Å². The molecule has 1 N–H and O–H groups in total. The lowest BCUT2D eigenvalue weighted by Gasteiger charge is -1.98. The average molecular weight is 296 g/mol. The van der Waals surface area contributed by atoms with Gasteiger partial charge < -0.3 is 9.73 Å². The molecule has 0 saturated heterocycles. The van der Waals surface area contributed by atoms with E-state index in [1.165, 1.54) is 0 Å². The Balaban J connectivity index is 1.33. The van der Waals surface area contributed by atoms with Crippen LogP contribution in [0, 0.1) is 0 Å². The van der Waals surface area contributed by atoms with Crippen molar-refractivity contribution in [3.63, 3.8) is 0 Å². The van der Waals surface area contributed by atoms with E-state index in [0.29, 0.717) is 18.5 Å². The Hall–Kier alpha value is -2.70. The summed E-state index contributed by atoms with van der Waals surface area (Å²) >= 11 is 0. The minimum atomic E-state index is 0.480. The van der Waals surface area contributed by atoms with Crippen LogP contribution in [0.3, 0.4) is 0 Å². The highest BCUT2D eigenvalue weighted by molar-refractivity contribution is 5.30. The maximum absolute atomic E-state index is 5.55. The van der Waals surface area contributed by atoms with Gasteiger partial charge in [0.25, 0.3) is 0 Å². The number of hydrogen-bond donors (Lipinski definition) is 1. The Kier molecular flexibility index (Phi) is 3.30. The lowest BCUT2D eigenvalue weighted by atomic mass is 10.3. The molecule has 0 unspecified atom stereocenters. The van der Waals surface area contributed by atoms with Crippen molar-refractivity contribution in [1.82, 2.24) is 25.2 Å². The lowest BCUT2D eigenvalue weighted by molar-refractivity contribution is 0.507. The van der Waals surface area contributed by atoms with Gasteiger partial charge in [0.1, 0.15) is 0 Å². The molecule has 0 spiro atoms. The Morgan fingerprint density at radius 2 is 2.00 bits per heavy atom. The quantitative estimate of drug-likeness (QED) is 0.751. The highest BCUT2D eigenvalue weighted by Crippen LogP contribution is 2.39. The standard InChI is InChI=1S/C15H16N6O/c1-2-4-13(5-3-1)21-10-12(17-20-21)8-9-16-15-19-18-14(22-15)11-6-7-11/h1-5,10-11H,6-9H2,(H,16,19). The second-order valence-electron chi connectivity index (χ2n) is 5.39. The summed E-state index contributed by atoms with van der Waals surface area (Å²) in [5.74, 6) is 1.23. The van der Waals surface area contributed by atoms with Gasteiger partial charge in [-0.15, -0.1) is 10.2 Å². The first kappa shape index (κ1) is 13.0. The van der Waals surface area contributed by atoms with Crippen molar-refractivity contribution < 1.29 is 4.42 Å². The van der Waals surface area contributed by atoms with Crippen LogP contribution in [-0.2, 0) is 6.42 Å². The number of benzene rings is 1. The maximum atomic E-state index is 5.55. The number of aromatic nitrogens is 5. The van der Waals surface area contributed by atoms with Crippen molar-refractivity contribution >= 4 is 6.01 Å². The van der Waals surface area contributed by atoms with Crippen LogP contribution in [0.4, 0.5) is 6.01 Å². The molecular weight excluding hydrogens is 280 g/mol. The first-order valence-electron chi connectivity index (χ1n) is 7.42. The highest BCUT2D eigenvalue weighted by Gasteiger charge is 2.29. The molecule has 7 heteroatoms. The van der Waals surface area contributed by atoms with Crippen LogP contribution in [0.5, 0.6) is 0 Å². The summed E-state index contributed by atoms with van der Waals surface area (Å²) in [5.41, 5.74) is 1.92. The van der Waals surface area contributed by atoms with Crippen molar-refractivity contribution in [3.05, 3.63) is 48.1 Å². The fourth-order valence-corrected chi connectivity index (χ4v) is 2.22. The van der Waals surface area contributed by atoms with E-state index < -0.39 is 0 Å². The molecule has 0 amide bonds. The van der Waals surface area contributed by atoms with E-state index in [1.807, 2.05) is 36.5 Å². The molecule has 1 fully saturated rings. The summed E-state index contributed by atoms with van der Waals surface area (Å²) in [6, 6.07) is 10.4. The van der Waals surface area contributed by atoms with Crippen LogP contribution >= 0.6 is 0 Å². The van der Waals surface area contributed by atoms with Crippen LogP contribution in [0.2, 0.25) is 0 Å². The van der Waals surface area contributed by atoms with Gasteiger partial charge in [-0.1, -0.05) is 28.5 Å². The molecule has 1 aliphatic rings. The van der Waals surface area contributed by atoms with Gasteiger partial charge in [0.15, 0.2) is 0 Å². The number of para-hydroxylation sites is 1. The molecule has 0 aliphatic heterocycles. The molecule has 1 aromatic carbocycles. The smallest absolute Gasteiger partial charge is 0.315 e. The molecular formula is C15H16N6O. The zero-order valence-electron chi connectivity index (χ0n) is 12.0. The molecule has 4 rings (SSSR count). The normalized spacial score (nSPS) is 14.2. The third kappa shape index (κ3) is 2.83. The summed E-state index contributed by atoms with van der Waals surface area (Å²) in [5, 5.41) is 19.5. The number of nitrogens with zero attached hydrogens (tertiary/aromatic N) is 5. The average Bonchev–Trinajstić information content (AvgIpc) is 3.11.